The molecule has 0 bridgehead atoms. The molecule has 0 saturated heterocycles. The van der Waals surface area contributed by atoms with Gasteiger partial charge >= 0.3 is 5.97 Å². The number of benzene rings is 3. The molecule has 6 heteroatoms. The van der Waals surface area contributed by atoms with Crippen LogP contribution in [0.15, 0.2) is 64.8 Å². The average molecular weight is 327 g/mol. The van der Waals surface area contributed by atoms with Crippen molar-refractivity contribution >= 4 is 39.7 Å². The van der Waals surface area contributed by atoms with Gasteiger partial charge in [0.05, 0.1) is 5.56 Å². The Labute approximate surface area is 136 Å². The number of phenols is 1. The Kier molecular flexibility index (Phi) is 3.95. The Bertz CT molecular complexity index is 938. The van der Waals surface area contributed by atoms with Crippen LogP contribution < -0.4 is 0 Å². The van der Waals surface area contributed by atoms with E-state index in [-0.39, 0.29) is 22.7 Å². The number of aromatic hydroxyl groups is 1. The van der Waals surface area contributed by atoms with Crippen molar-refractivity contribution in [2.75, 3.05) is 0 Å². The number of rotatable bonds is 3. The third kappa shape index (κ3) is 3.00. The number of aromatic carboxylic acids is 1. The van der Waals surface area contributed by atoms with Gasteiger partial charge < -0.3 is 10.2 Å². The van der Waals surface area contributed by atoms with Gasteiger partial charge in [0, 0.05) is 10.4 Å². The van der Waals surface area contributed by atoms with E-state index in [1.165, 1.54) is 24.3 Å². The van der Waals surface area contributed by atoms with Crippen molar-refractivity contribution < 1.29 is 15.0 Å². The van der Waals surface area contributed by atoms with Gasteiger partial charge in [-0.15, -0.1) is 10.2 Å². The van der Waals surface area contributed by atoms with Crippen molar-refractivity contribution in [3.8, 4) is 5.75 Å². The molecule has 0 unspecified atom stereocenters. The minimum absolute atomic E-state index is 0.0294. The van der Waals surface area contributed by atoms with E-state index < -0.39 is 5.97 Å². The van der Waals surface area contributed by atoms with E-state index >= 15 is 0 Å². The maximum atomic E-state index is 11.3. The Morgan fingerprint density at radius 3 is 2.57 bits per heavy atom. The van der Waals surface area contributed by atoms with Crippen molar-refractivity contribution in [3.63, 3.8) is 0 Å². The molecule has 0 atom stereocenters. The first kappa shape index (κ1) is 15.0. The summed E-state index contributed by atoms with van der Waals surface area (Å²) in [5.74, 6) is -1.18. The SMILES string of the molecule is O=C(O)c1cc(Cl)ccc1N=Nc1c(O)ccc2ccccc12. The molecule has 0 aliphatic rings. The van der Waals surface area contributed by atoms with Crippen LogP contribution in [0.2, 0.25) is 5.02 Å². The number of azo groups is 1. The van der Waals surface area contributed by atoms with Gasteiger partial charge in [-0.05, 0) is 29.7 Å². The second-order valence-electron chi connectivity index (χ2n) is 4.82. The summed E-state index contributed by atoms with van der Waals surface area (Å²) in [6.45, 7) is 0. The van der Waals surface area contributed by atoms with Gasteiger partial charge in [0.25, 0.3) is 0 Å². The standard InChI is InChI=1S/C17H11ClN2O3/c18-11-6-7-14(13(9-11)17(22)23)19-20-16-12-4-2-1-3-10(12)5-8-15(16)21/h1-9,21H,(H,22,23). The molecule has 3 aromatic carbocycles. The van der Waals surface area contributed by atoms with Crippen molar-refractivity contribution in [3.05, 3.63) is 65.2 Å². The monoisotopic (exact) mass is 326 g/mol. The molecule has 0 heterocycles. The Morgan fingerprint density at radius 2 is 1.78 bits per heavy atom. The molecular formula is C17H11ClN2O3. The number of halogens is 1. The van der Waals surface area contributed by atoms with Crippen LogP contribution in [0.4, 0.5) is 11.4 Å². The summed E-state index contributed by atoms with van der Waals surface area (Å²) in [5, 5.41) is 29.2. The van der Waals surface area contributed by atoms with Crippen LogP contribution in [0.25, 0.3) is 10.8 Å². The molecule has 0 fully saturated rings. The fourth-order valence-electron chi connectivity index (χ4n) is 2.22. The Balaban J connectivity index is 2.11. The molecule has 0 aliphatic heterocycles. The molecule has 0 aromatic heterocycles. The molecule has 23 heavy (non-hydrogen) atoms. The smallest absolute Gasteiger partial charge is 0.338 e. The quantitative estimate of drug-likeness (QED) is 0.639. The average Bonchev–Trinajstić information content (AvgIpc) is 2.54. The maximum Gasteiger partial charge on any atom is 0.338 e. The van der Waals surface area contributed by atoms with E-state index in [0.717, 1.165) is 10.8 Å². The first-order valence-electron chi connectivity index (χ1n) is 6.71. The summed E-state index contributed by atoms with van der Waals surface area (Å²) in [4.78, 5) is 11.3. The van der Waals surface area contributed by atoms with Gasteiger partial charge in [-0.2, -0.15) is 0 Å². The topological polar surface area (TPSA) is 82.2 Å². The van der Waals surface area contributed by atoms with Crippen LogP contribution in [0.5, 0.6) is 5.75 Å². The van der Waals surface area contributed by atoms with Crippen molar-refractivity contribution in [1.82, 2.24) is 0 Å². The number of phenolic OH excluding ortho intramolecular Hbond substituents is 1. The third-order valence-electron chi connectivity index (χ3n) is 3.33. The van der Waals surface area contributed by atoms with Gasteiger partial charge in [0.15, 0.2) is 0 Å². The molecule has 0 saturated carbocycles. The Morgan fingerprint density at radius 1 is 1.00 bits per heavy atom. The largest absolute Gasteiger partial charge is 0.506 e. The highest BCUT2D eigenvalue weighted by Crippen LogP contribution is 2.36. The van der Waals surface area contributed by atoms with Crippen LogP contribution in [0.3, 0.4) is 0 Å². The van der Waals surface area contributed by atoms with Gasteiger partial charge in [-0.1, -0.05) is 41.9 Å². The van der Waals surface area contributed by atoms with Crippen LogP contribution >= 0.6 is 11.6 Å². The lowest BCUT2D eigenvalue weighted by Gasteiger charge is -2.04. The van der Waals surface area contributed by atoms with Gasteiger partial charge in [0.1, 0.15) is 17.1 Å². The highest BCUT2D eigenvalue weighted by Gasteiger charge is 2.11. The molecule has 0 radical (unpaired) electrons. The van der Waals surface area contributed by atoms with Crippen molar-refractivity contribution in [2.24, 2.45) is 10.2 Å². The molecule has 0 aliphatic carbocycles. The Hall–Kier alpha value is -2.92. The highest BCUT2D eigenvalue weighted by molar-refractivity contribution is 6.31. The summed E-state index contributed by atoms with van der Waals surface area (Å²) in [7, 11) is 0. The van der Waals surface area contributed by atoms with Gasteiger partial charge in [-0.3, -0.25) is 0 Å². The van der Waals surface area contributed by atoms with Gasteiger partial charge in [-0.25, -0.2) is 4.79 Å². The van der Waals surface area contributed by atoms with E-state index in [9.17, 15) is 15.0 Å². The molecule has 5 nitrogen and oxygen atoms in total. The number of carboxylic acids is 1. The lowest BCUT2D eigenvalue weighted by Crippen LogP contribution is -1.96. The maximum absolute atomic E-state index is 11.3. The zero-order chi connectivity index (χ0) is 16.4. The molecule has 0 spiro atoms. The van der Waals surface area contributed by atoms with E-state index in [1.807, 2.05) is 24.3 Å². The third-order valence-corrected chi connectivity index (χ3v) is 3.56. The minimum Gasteiger partial charge on any atom is -0.506 e. The van der Waals surface area contributed by atoms with E-state index in [0.29, 0.717) is 5.02 Å². The molecule has 3 rings (SSSR count). The minimum atomic E-state index is -1.15. The first-order chi connectivity index (χ1) is 11.1. The predicted octanol–water partition coefficient (Wildman–Crippen LogP) is 5.31. The van der Waals surface area contributed by atoms with Gasteiger partial charge in [0.2, 0.25) is 0 Å². The lowest BCUT2D eigenvalue weighted by molar-refractivity contribution is 0.0697. The summed E-state index contributed by atoms with van der Waals surface area (Å²) in [6.07, 6.45) is 0. The van der Waals surface area contributed by atoms with Crippen molar-refractivity contribution in [1.29, 1.82) is 0 Å². The number of carboxylic acid groups (broad SMARTS) is 1. The summed E-state index contributed by atoms with van der Waals surface area (Å²) >= 11 is 5.81. The molecule has 3 aromatic rings. The number of carbonyl (C=O) groups is 1. The summed E-state index contributed by atoms with van der Waals surface area (Å²) in [5.41, 5.74) is 0.393. The second kappa shape index (κ2) is 6.06. The number of fused-ring (bicyclic) bond motifs is 1. The fourth-order valence-corrected chi connectivity index (χ4v) is 2.39. The lowest BCUT2D eigenvalue weighted by atomic mass is 10.1. The van der Waals surface area contributed by atoms with E-state index in [2.05, 4.69) is 10.2 Å². The molecule has 2 N–H and O–H groups in total. The normalized spacial score (nSPS) is 11.2. The number of nitrogens with zero attached hydrogens (tertiary/aromatic N) is 2. The number of hydrogen-bond donors (Lipinski definition) is 2. The zero-order valence-electron chi connectivity index (χ0n) is 11.8. The molecule has 0 amide bonds. The zero-order valence-corrected chi connectivity index (χ0v) is 12.5. The number of hydrogen-bond acceptors (Lipinski definition) is 4. The summed E-state index contributed by atoms with van der Waals surface area (Å²) in [6, 6.07) is 15.0. The molecular weight excluding hydrogens is 316 g/mol. The predicted molar refractivity (Wildman–Crippen MR) is 88.2 cm³/mol. The summed E-state index contributed by atoms with van der Waals surface area (Å²) < 4.78 is 0. The highest BCUT2D eigenvalue weighted by atomic mass is 35.5. The van der Waals surface area contributed by atoms with E-state index in [1.54, 1.807) is 6.07 Å². The fraction of sp³-hybridized carbons (Fsp3) is 0. The second-order valence-corrected chi connectivity index (χ2v) is 5.26. The van der Waals surface area contributed by atoms with Crippen molar-refractivity contribution in [2.45, 2.75) is 0 Å². The van der Waals surface area contributed by atoms with E-state index in [4.69, 9.17) is 11.6 Å². The van der Waals surface area contributed by atoms with Crippen LogP contribution in [-0.2, 0) is 0 Å². The van der Waals surface area contributed by atoms with Crippen LogP contribution in [0, 0.1) is 0 Å². The first-order valence-corrected chi connectivity index (χ1v) is 7.09. The molecule has 114 valence electrons. The van der Waals surface area contributed by atoms with Crippen LogP contribution in [0.1, 0.15) is 10.4 Å². The van der Waals surface area contributed by atoms with Crippen LogP contribution in [-0.4, -0.2) is 16.2 Å².